The molecule has 0 aromatic carbocycles. The molecule has 0 saturated carbocycles. The summed E-state index contributed by atoms with van der Waals surface area (Å²) in [5, 5.41) is 4.86. The van der Waals surface area contributed by atoms with E-state index in [9.17, 15) is 0 Å². The van der Waals surface area contributed by atoms with Crippen LogP contribution in [0.2, 0.25) is 0 Å². The van der Waals surface area contributed by atoms with Gasteiger partial charge in [0.2, 0.25) is 0 Å². The van der Waals surface area contributed by atoms with Gasteiger partial charge in [-0.1, -0.05) is 0 Å². The van der Waals surface area contributed by atoms with Crippen LogP contribution in [0, 0.1) is 5.53 Å². The van der Waals surface area contributed by atoms with Gasteiger partial charge in [0.15, 0.2) is 5.82 Å². The van der Waals surface area contributed by atoms with E-state index in [1.54, 1.807) is 11.4 Å². The van der Waals surface area contributed by atoms with Crippen LogP contribution in [0.4, 0.5) is 5.82 Å². The molecule has 1 aromatic rings. The number of aromatic nitrogens is 1. The van der Waals surface area contributed by atoms with E-state index in [0.717, 1.165) is 0 Å². The van der Waals surface area contributed by atoms with E-state index < -0.39 is 0 Å². The third-order valence-corrected chi connectivity index (χ3v) is 1.09. The summed E-state index contributed by atoms with van der Waals surface area (Å²) < 4.78 is 3.72. The van der Waals surface area contributed by atoms with Crippen molar-refractivity contribution < 1.29 is 0 Å². The van der Waals surface area contributed by atoms with E-state index in [4.69, 9.17) is 5.53 Å². The molecule has 1 rings (SSSR count). The highest BCUT2D eigenvalue weighted by Crippen LogP contribution is 2.07. The molecular formula is C3H3N3S. The molecule has 0 aliphatic rings. The number of rotatable bonds is 1. The van der Waals surface area contributed by atoms with Crippen molar-refractivity contribution in [3.8, 4) is 0 Å². The maximum atomic E-state index is 6.43. The van der Waals surface area contributed by atoms with Gasteiger partial charge in [-0.15, -0.1) is 5.11 Å². The smallest absolute Gasteiger partial charge is 0.186 e. The molecule has 0 radical (unpaired) electrons. The molecule has 0 amide bonds. The fourth-order valence-electron chi connectivity index (χ4n) is 0.264. The van der Waals surface area contributed by atoms with Crippen molar-refractivity contribution >= 4 is 17.4 Å². The molecule has 0 aliphatic heterocycles. The topological polar surface area (TPSA) is 49.1 Å². The highest BCUT2D eigenvalue weighted by atomic mass is 32.1. The zero-order chi connectivity index (χ0) is 5.11. The lowest BCUT2D eigenvalue weighted by atomic mass is 10.7. The van der Waals surface area contributed by atoms with Crippen LogP contribution >= 0.6 is 11.5 Å². The fraction of sp³-hybridized carbons (Fsp3) is 0. The molecule has 4 heteroatoms. The Kier molecular flexibility index (Phi) is 1.12. The Labute approximate surface area is 44.7 Å². The van der Waals surface area contributed by atoms with Crippen LogP contribution in [0.5, 0.6) is 0 Å². The van der Waals surface area contributed by atoms with Crippen LogP contribution in [0.3, 0.4) is 0 Å². The van der Waals surface area contributed by atoms with Crippen LogP contribution in [0.25, 0.3) is 0 Å². The molecule has 3 nitrogen and oxygen atoms in total. The van der Waals surface area contributed by atoms with Crippen molar-refractivity contribution in [2.45, 2.75) is 0 Å². The first kappa shape index (κ1) is 4.39. The number of nitrogens with zero attached hydrogens (tertiary/aromatic N) is 2. The van der Waals surface area contributed by atoms with Crippen LogP contribution in [-0.2, 0) is 0 Å². The van der Waals surface area contributed by atoms with Crippen LogP contribution < -0.4 is 0 Å². The van der Waals surface area contributed by atoms with Gasteiger partial charge in [0.05, 0.1) is 0 Å². The molecule has 36 valence electrons. The van der Waals surface area contributed by atoms with Crippen LogP contribution in [-0.4, -0.2) is 4.37 Å². The third-order valence-electron chi connectivity index (χ3n) is 0.539. The number of hydrogen-bond donors (Lipinski definition) is 1. The maximum absolute atomic E-state index is 6.43. The van der Waals surface area contributed by atoms with E-state index in [-0.39, 0.29) is 0 Å². The van der Waals surface area contributed by atoms with Crippen molar-refractivity contribution in [2.75, 3.05) is 0 Å². The largest absolute Gasteiger partial charge is 0.203 e. The second-order valence-electron chi connectivity index (χ2n) is 0.969. The minimum atomic E-state index is 0.491. The van der Waals surface area contributed by atoms with Gasteiger partial charge in [0.25, 0.3) is 0 Å². The van der Waals surface area contributed by atoms with E-state index in [0.29, 0.717) is 5.82 Å². The minimum absolute atomic E-state index is 0.491. The zero-order valence-corrected chi connectivity index (χ0v) is 4.27. The summed E-state index contributed by atoms with van der Waals surface area (Å²) in [4.78, 5) is 0. The molecule has 1 heterocycles. The molecular weight excluding hydrogens is 110 g/mol. The normalized spacial score (nSPS) is 8.57. The summed E-state index contributed by atoms with van der Waals surface area (Å²) in [6.07, 6.45) is 0. The predicted octanol–water partition coefficient (Wildman–Crippen LogP) is 1.81. The molecule has 1 aromatic heterocycles. The van der Waals surface area contributed by atoms with E-state index in [1.165, 1.54) is 11.5 Å². The Hall–Kier alpha value is -0.770. The lowest BCUT2D eigenvalue weighted by Crippen LogP contribution is -1.48. The Morgan fingerprint density at radius 2 is 2.71 bits per heavy atom. The molecule has 0 aliphatic carbocycles. The maximum Gasteiger partial charge on any atom is 0.186 e. The molecule has 7 heavy (non-hydrogen) atoms. The SMILES string of the molecule is N=Nc1ccsn1. The molecule has 0 fully saturated rings. The Morgan fingerprint density at radius 1 is 1.86 bits per heavy atom. The molecule has 0 bridgehead atoms. The lowest BCUT2D eigenvalue weighted by Gasteiger charge is -1.67. The average Bonchev–Trinajstić information content (AvgIpc) is 2.14. The minimum Gasteiger partial charge on any atom is -0.203 e. The van der Waals surface area contributed by atoms with Crippen LogP contribution in [0.1, 0.15) is 0 Å². The van der Waals surface area contributed by atoms with Crippen molar-refractivity contribution in [2.24, 2.45) is 5.11 Å². The van der Waals surface area contributed by atoms with Gasteiger partial charge in [-0.2, -0.15) is 4.37 Å². The summed E-state index contributed by atoms with van der Waals surface area (Å²) in [5.74, 6) is 0.491. The second kappa shape index (κ2) is 1.79. The molecule has 0 saturated heterocycles. The highest BCUT2D eigenvalue weighted by molar-refractivity contribution is 7.03. The molecule has 0 unspecified atom stereocenters. The quantitative estimate of drug-likeness (QED) is 0.554. The average molecular weight is 113 g/mol. The summed E-state index contributed by atoms with van der Waals surface area (Å²) in [5.41, 5.74) is 6.43. The van der Waals surface area contributed by atoms with Gasteiger partial charge in [0, 0.05) is 5.38 Å². The Morgan fingerprint density at radius 3 is 3.00 bits per heavy atom. The number of nitrogens with one attached hydrogen (secondary N) is 1. The zero-order valence-electron chi connectivity index (χ0n) is 3.46. The van der Waals surface area contributed by atoms with Crippen molar-refractivity contribution in [1.29, 1.82) is 5.53 Å². The molecule has 0 atom stereocenters. The summed E-state index contributed by atoms with van der Waals surface area (Å²) in [7, 11) is 0. The number of hydrogen-bond acceptors (Lipinski definition) is 4. The fourth-order valence-corrected chi connectivity index (χ4v) is 0.717. The van der Waals surface area contributed by atoms with Crippen molar-refractivity contribution in [3.63, 3.8) is 0 Å². The monoisotopic (exact) mass is 113 g/mol. The van der Waals surface area contributed by atoms with E-state index in [2.05, 4.69) is 9.49 Å². The summed E-state index contributed by atoms with van der Waals surface area (Å²) >= 11 is 1.30. The van der Waals surface area contributed by atoms with Crippen LogP contribution in [0.15, 0.2) is 16.6 Å². The molecule has 0 spiro atoms. The standard InChI is InChI=1S/C3H3N3S/c4-5-3-1-2-7-6-3/h1-2,4H. The third kappa shape index (κ3) is 0.806. The van der Waals surface area contributed by atoms with Gasteiger partial charge < -0.3 is 0 Å². The first-order valence-corrected chi connectivity index (χ1v) is 2.55. The van der Waals surface area contributed by atoms with Crippen molar-refractivity contribution in [1.82, 2.24) is 4.37 Å². The molecule has 1 N–H and O–H groups in total. The second-order valence-corrected chi connectivity index (χ2v) is 1.64. The van der Waals surface area contributed by atoms with E-state index in [1.807, 2.05) is 0 Å². The Balaban J connectivity index is 2.96. The first-order valence-electron chi connectivity index (χ1n) is 1.71. The summed E-state index contributed by atoms with van der Waals surface area (Å²) in [6, 6.07) is 1.69. The van der Waals surface area contributed by atoms with Gasteiger partial charge in [0.1, 0.15) is 0 Å². The Bertz CT molecular complexity index is 145. The van der Waals surface area contributed by atoms with Gasteiger partial charge in [-0.05, 0) is 17.6 Å². The summed E-state index contributed by atoms with van der Waals surface area (Å²) in [6.45, 7) is 0. The van der Waals surface area contributed by atoms with Crippen molar-refractivity contribution in [3.05, 3.63) is 11.4 Å². The first-order chi connectivity index (χ1) is 3.43. The van der Waals surface area contributed by atoms with Gasteiger partial charge >= 0.3 is 0 Å². The predicted molar refractivity (Wildman–Crippen MR) is 26.9 cm³/mol. The van der Waals surface area contributed by atoms with Gasteiger partial charge in [-0.25, -0.2) is 5.53 Å². The lowest BCUT2D eigenvalue weighted by molar-refractivity contribution is 1.12. The highest BCUT2D eigenvalue weighted by Gasteiger charge is 1.83. The van der Waals surface area contributed by atoms with Gasteiger partial charge in [-0.3, -0.25) is 0 Å². The van der Waals surface area contributed by atoms with E-state index >= 15 is 0 Å².